The van der Waals surface area contributed by atoms with Crippen molar-refractivity contribution in [1.29, 1.82) is 0 Å². The fourth-order valence-electron chi connectivity index (χ4n) is 2.08. The molecule has 1 fully saturated rings. The number of hydrogen-bond donors (Lipinski definition) is 0. The molecule has 0 radical (unpaired) electrons. The highest BCUT2D eigenvalue weighted by Crippen LogP contribution is 2.49. The molecule has 17 heavy (non-hydrogen) atoms. The second-order valence-electron chi connectivity index (χ2n) is 4.53. The van der Waals surface area contributed by atoms with E-state index in [1.165, 1.54) is 17.6 Å². The normalized spacial score (nSPS) is 16.6. The Morgan fingerprint density at radius 1 is 1.35 bits per heavy atom. The molecule has 1 saturated carbocycles. The highest BCUT2D eigenvalue weighted by molar-refractivity contribution is 7.99. The summed E-state index contributed by atoms with van der Waals surface area (Å²) in [5.74, 6) is 1.04. The number of esters is 1. The molecule has 0 aromatic heterocycles. The molecule has 1 aliphatic rings. The molecular weight excluding hydrogens is 232 g/mol. The van der Waals surface area contributed by atoms with Crippen LogP contribution in [0.1, 0.15) is 25.3 Å². The van der Waals surface area contributed by atoms with Gasteiger partial charge in [-0.05, 0) is 42.7 Å². The predicted molar refractivity (Wildman–Crippen MR) is 70.2 cm³/mol. The van der Waals surface area contributed by atoms with Crippen LogP contribution in [0.2, 0.25) is 0 Å². The van der Waals surface area contributed by atoms with Crippen LogP contribution in [0.15, 0.2) is 29.2 Å². The van der Waals surface area contributed by atoms with Gasteiger partial charge in [-0.25, -0.2) is 0 Å². The molecule has 2 rings (SSSR count). The van der Waals surface area contributed by atoms with Gasteiger partial charge in [-0.2, -0.15) is 0 Å². The van der Waals surface area contributed by atoms with Crippen molar-refractivity contribution in [2.24, 2.45) is 5.41 Å². The Bertz CT molecular complexity index is 393. The Balaban J connectivity index is 2.02. The smallest absolute Gasteiger partial charge is 0.312 e. The standard InChI is InChI=1S/C14H18O2S/c1-3-17-12-6-4-11(5-7-12)10-14(8-9-14)13(15)16-2/h4-7H,3,8-10H2,1-2H3. The zero-order chi connectivity index (χ0) is 12.3. The Labute approximate surface area is 107 Å². The van der Waals surface area contributed by atoms with Crippen LogP contribution in [0.5, 0.6) is 0 Å². The molecule has 0 atom stereocenters. The second kappa shape index (κ2) is 5.13. The van der Waals surface area contributed by atoms with E-state index in [2.05, 4.69) is 31.2 Å². The highest BCUT2D eigenvalue weighted by Gasteiger charge is 2.50. The third kappa shape index (κ3) is 2.83. The average Bonchev–Trinajstić information content (AvgIpc) is 3.12. The summed E-state index contributed by atoms with van der Waals surface area (Å²) in [4.78, 5) is 12.9. The van der Waals surface area contributed by atoms with Crippen LogP contribution in [0.4, 0.5) is 0 Å². The monoisotopic (exact) mass is 250 g/mol. The Hall–Kier alpha value is -0.960. The molecule has 1 aromatic rings. The van der Waals surface area contributed by atoms with Crippen molar-refractivity contribution >= 4 is 17.7 Å². The molecule has 1 aliphatic carbocycles. The van der Waals surface area contributed by atoms with Gasteiger partial charge >= 0.3 is 5.97 Å². The maximum atomic E-state index is 11.6. The molecule has 0 N–H and O–H groups in total. The highest BCUT2D eigenvalue weighted by atomic mass is 32.2. The van der Waals surface area contributed by atoms with E-state index in [0.717, 1.165) is 25.0 Å². The number of ether oxygens (including phenoxy) is 1. The summed E-state index contributed by atoms with van der Waals surface area (Å²) in [7, 11) is 1.48. The van der Waals surface area contributed by atoms with Gasteiger partial charge in [-0.3, -0.25) is 4.79 Å². The first kappa shape index (κ1) is 12.5. The summed E-state index contributed by atoms with van der Waals surface area (Å²) >= 11 is 1.84. The SMILES string of the molecule is CCSc1ccc(CC2(C(=O)OC)CC2)cc1. The van der Waals surface area contributed by atoms with Crippen molar-refractivity contribution in [2.75, 3.05) is 12.9 Å². The molecule has 2 nitrogen and oxygen atoms in total. The Morgan fingerprint density at radius 3 is 2.47 bits per heavy atom. The fourth-order valence-corrected chi connectivity index (χ4v) is 2.74. The van der Waals surface area contributed by atoms with Crippen LogP contribution in [0.25, 0.3) is 0 Å². The number of rotatable bonds is 5. The van der Waals surface area contributed by atoms with Gasteiger partial charge in [0.2, 0.25) is 0 Å². The minimum Gasteiger partial charge on any atom is -0.469 e. The zero-order valence-corrected chi connectivity index (χ0v) is 11.2. The summed E-state index contributed by atoms with van der Waals surface area (Å²) in [6.45, 7) is 2.15. The first-order valence-electron chi connectivity index (χ1n) is 6.00. The van der Waals surface area contributed by atoms with Gasteiger partial charge < -0.3 is 4.74 Å². The van der Waals surface area contributed by atoms with Crippen LogP contribution in [-0.2, 0) is 16.0 Å². The lowest BCUT2D eigenvalue weighted by Gasteiger charge is -2.12. The minimum absolute atomic E-state index is 0.0514. The number of carbonyl (C=O) groups is 1. The minimum atomic E-state index is -0.214. The fraction of sp³-hybridized carbons (Fsp3) is 0.500. The molecule has 0 saturated heterocycles. The van der Waals surface area contributed by atoms with Crippen molar-refractivity contribution < 1.29 is 9.53 Å². The molecule has 0 unspecified atom stereocenters. The lowest BCUT2D eigenvalue weighted by Crippen LogP contribution is -2.19. The Kier molecular flexibility index (Phi) is 3.77. The van der Waals surface area contributed by atoms with E-state index < -0.39 is 0 Å². The van der Waals surface area contributed by atoms with Gasteiger partial charge in [0.15, 0.2) is 0 Å². The molecule has 0 bridgehead atoms. The summed E-state index contributed by atoms with van der Waals surface area (Å²) in [5.41, 5.74) is 1.02. The summed E-state index contributed by atoms with van der Waals surface area (Å²) < 4.78 is 4.87. The van der Waals surface area contributed by atoms with E-state index in [1.807, 2.05) is 11.8 Å². The largest absolute Gasteiger partial charge is 0.469 e. The summed E-state index contributed by atoms with van der Waals surface area (Å²) in [6, 6.07) is 8.52. The first-order valence-corrected chi connectivity index (χ1v) is 6.99. The topological polar surface area (TPSA) is 26.3 Å². The molecule has 3 heteroatoms. The van der Waals surface area contributed by atoms with Gasteiger partial charge in [0.1, 0.15) is 0 Å². The number of carbonyl (C=O) groups excluding carboxylic acids is 1. The van der Waals surface area contributed by atoms with E-state index >= 15 is 0 Å². The number of benzene rings is 1. The number of hydrogen-bond acceptors (Lipinski definition) is 3. The van der Waals surface area contributed by atoms with Crippen LogP contribution >= 0.6 is 11.8 Å². The lowest BCUT2D eigenvalue weighted by molar-refractivity contribution is -0.147. The van der Waals surface area contributed by atoms with Crippen LogP contribution in [-0.4, -0.2) is 18.8 Å². The average molecular weight is 250 g/mol. The quantitative estimate of drug-likeness (QED) is 0.592. The maximum absolute atomic E-state index is 11.6. The van der Waals surface area contributed by atoms with Crippen molar-refractivity contribution in [3.05, 3.63) is 29.8 Å². The predicted octanol–water partition coefficient (Wildman–Crippen LogP) is 3.29. The first-order chi connectivity index (χ1) is 8.20. The zero-order valence-electron chi connectivity index (χ0n) is 10.4. The lowest BCUT2D eigenvalue weighted by atomic mass is 9.97. The van der Waals surface area contributed by atoms with E-state index in [-0.39, 0.29) is 11.4 Å². The molecule has 1 aromatic carbocycles. The van der Waals surface area contributed by atoms with Gasteiger partial charge in [0.05, 0.1) is 12.5 Å². The molecule has 0 heterocycles. The van der Waals surface area contributed by atoms with E-state index in [0.29, 0.717) is 0 Å². The van der Waals surface area contributed by atoms with E-state index in [4.69, 9.17) is 4.74 Å². The van der Waals surface area contributed by atoms with Crippen LogP contribution in [0, 0.1) is 5.41 Å². The third-order valence-corrected chi connectivity index (χ3v) is 4.14. The summed E-state index contributed by atoms with van der Waals surface area (Å²) in [6.07, 6.45) is 2.74. The Morgan fingerprint density at radius 2 is 2.00 bits per heavy atom. The molecule has 0 spiro atoms. The van der Waals surface area contributed by atoms with Crippen molar-refractivity contribution in [1.82, 2.24) is 0 Å². The van der Waals surface area contributed by atoms with Crippen LogP contribution < -0.4 is 0 Å². The van der Waals surface area contributed by atoms with E-state index in [9.17, 15) is 4.79 Å². The number of thioether (sulfide) groups is 1. The van der Waals surface area contributed by atoms with Crippen LogP contribution in [0.3, 0.4) is 0 Å². The van der Waals surface area contributed by atoms with Gasteiger partial charge in [-0.1, -0.05) is 19.1 Å². The number of methoxy groups -OCH3 is 1. The summed E-state index contributed by atoms with van der Waals surface area (Å²) in [5, 5.41) is 0. The third-order valence-electron chi connectivity index (χ3n) is 3.25. The van der Waals surface area contributed by atoms with Crippen molar-refractivity contribution in [3.63, 3.8) is 0 Å². The van der Waals surface area contributed by atoms with E-state index in [1.54, 1.807) is 0 Å². The molecule has 0 aliphatic heterocycles. The van der Waals surface area contributed by atoms with Gasteiger partial charge in [-0.15, -0.1) is 11.8 Å². The van der Waals surface area contributed by atoms with Crippen molar-refractivity contribution in [2.45, 2.75) is 31.1 Å². The maximum Gasteiger partial charge on any atom is 0.312 e. The molecule has 0 amide bonds. The second-order valence-corrected chi connectivity index (χ2v) is 5.86. The molecular formula is C14H18O2S. The van der Waals surface area contributed by atoms with Crippen molar-refractivity contribution in [3.8, 4) is 0 Å². The van der Waals surface area contributed by atoms with Gasteiger partial charge in [0.25, 0.3) is 0 Å². The molecule has 92 valence electrons. The van der Waals surface area contributed by atoms with Gasteiger partial charge in [0, 0.05) is 4.90 Å².